The number of nitrogens with one attached hydrogen (secondary N) is 1. The molecule has 144 valence electrons. The second kappa shape index (κ2) is 8.07. The molecule has 0 aromatic carbocycles. The van der Waals surface area contributed by atoms with Crippen molar-refractivity contribution in [1.29, 1.82) is 5.26 Å². The minimum atomic E-state index is -0.380. The first-order chi connectivity index (χ1) is 14.2. The first-order valence-electron chi connectivity index (χ1n) is 9.15. The van der Waals surface area contributed by atoms with Gasteiger partial charge in [-0.2, -0.15) is 5.26 Å². The summed E-state index contributed by atoms with van der Waals surface area (Å²) in [7, 11) is 1.52. The fraction of sp³-hybridized carbons (Fsp3) is 0.182. The Hall–Kier alpha value is -3.79. The van der Waals surface area contributed by atoms with E-state index in [9.17, 15) is 9.65 Å². The van der Waals surface area contributed by atoms with Crippen LogP contribution in [0.1, 0.15) is 27.9 Å². The fourth-order valence-corrected chi connectivity index (χ4v) is 3.38. The van der Waals surface area contributed by atoms with Gasteiger partial charge in [0.05, 0.1) is 24.9 Å². The van der Waals surface area contributed by atoms with Crippen LogP contribution in [0.5, 0.6) is 5.88 Å². The number of aromatic amines is 1. The molecule has 0 radical (unpaired) electrons. The lowest BCUT2D eigenvalue weighted by atomic mass is 10.0. The Morgan fingerprint density at radius 2 is 2.00 bits per heavy atom. The summed E-state index contributed by atoms with van der Waals surface area (Å²) in [5, 5.41) is 10.2. The maximum absolute atomic E-state index is 13.4. The second-order valence-electron chi connectivity index (χ2n) is 6.66. The molecule has 0 aliphatic carbocycles. The molecule has 0 bridgehead atoms. The molecule has 0 unspecified atom stereocenters. The van der Waals surface area contributed by atoms with E-state index in [1.54, 1.807) is 12.3 Å². The third kappa shape index (κ3) is 3.92. The third-order valence-corrected chi connectivity index (χ3v) is 4.79. The number of hydrogen-bond acceptors (Lipinski definition) is 5. The minimum Gasteiger partial charge on any atom is -0.481 e. The average molecular weight is 387 g/mol. The van der Waals surface area contributed by atoms with Gasteiger partial charge in [0, 0.05) is 41.7 Å². The molecule has 4 aromatic rings. The average Bonchev–Trinajstić information content (AvgIpc) is 3.16. The molecule has 6 nitrogen and oxygen atoms in total. The first-order valence-corrected chi connectivity index (χ1v) is 9.15. The summed E-state index contributed by atoms with van der Waals surface area (Å²) in [5.41, 5.74) is 4.98. The first kappa shape index (κ1) is 18.6. The molecular weight excluding hydrogens is 369 g/mol. The van der Waals surface area contributed by atoms with Crippen LogP contribution in [0.25, 0.3) is 11.0 Å². The highest BCUT2D eigenvalue weighted by atomic mass is 19.1. The van der Waals surface area contributed by atoms with Crippen LogP contribution in [0.2, 0.25) is 0 Å². The van der Waals surface area contributed by atoms with Crippen LogP contribution in [0, 0.1) is 17.1 Å². The second-order valence-corrected chi connectivity index (χ2v) is 6.66. The van der Waals surface area contributed by atoms with Gasteiger partial charge >= 0.3 is 0 Å². The van der Waals surface area contributed by atoms with Crippen LogP contribution in [-0.2, 0) is 19.3 Å². The number of H-pyrrole nitrogens is 1. The maximum Gasteiger partial charge on any atom is 0.216 e. The molecule has 0 amide bonds. The molecule has 0 aliphatic heterocycles. The van der Waals surface area contributed by atoms with E-state index in [2.05, 4.69) is 26.0 Å². The summed E-state index contributed by atoms with van der Waals surface area (Å²) in [4.78, 5) is 15.9. The standard InChI is InChI=1S/C22H18FN5O/c1-29-22-15(9-18(23)13-28-22)3-5-19-4-2-14(11-26-19)8-17-12-27-21-20(17)16(10-24)6-7-25-21/h2,4,6-7,9,11-13H,3,5,8H2,1H3,(H,25,27). The Labute approximate surface area is 167 Å². The summed E-state index contributed by atoms with van der Waals surface area (Å²) in [5.74, 6) is 0.0540. The van der Waals surface area contributed by atoms with Crippen LogP contribution < -0.4 is 4.74 Å². The molecule has 0 aliphatic rings. The zero-order chi connectivity index (χ0) is 20.2. The molecule has 4 aromatic heterocycles. The number of rotatable bonds is 6. The third-order valence-electron chi connectivity index (χ3n) is 4.79. The topological polar surface area (TPSA) is 87.5 Å². The van der Waals surface area contributed by atoms with Crippen LogP contribution in [0.15, 0.2) is 49.1 Å². The van der Waals surface area contributed by atoms with Crippen LogP contribution in [0.3, 0.4) is 0 Å². The van der Waals surface area contributed by atoms with Crippen molar-refractivity contribution in [2.45, 2.75) is 19.3 Å². The van der Waals surface area contributed by atoms with Gasteiger partial charge in [-0.3, -0.25) is 4.98 Å². The predicted octanol–water partition coefficient (Wildman–Crippen LogP) is 3.75. The van der Waals surface area contributed by atoms with E-state index >= 15 is 0 Å². The molecule has 0 spiro atoms. The summed E-state index contributed by atoms with van der Waals surface area (Å²) in [6, 6.07) is 9.36. The summed E-state index contributed by atoms with van der Waals surface area (Å²) >= 11 is 0. The van der Waals surface area contributed by atoms with E-state index in [1.807, 2.05) is 24.5 Å². The number of aromatic nitrogens is 4. The molecule has 1 N–H and O–H groups in total. The number of nitrogens with zero attached hydrogens (tertiary/aromatic N) is 4. The van der Waals surface area contributed by atoms with Gasteiger partial charge in [0.25, 0.3) is 0 Å². The van der Waals surface area contributed by atoms with Gasteiger partial charge in [-0.25, -0.2) is 14.4 Å². The molecule has 0 saturated carbocycles. The SMILES string of the molecule is COc1ncc(F)cc1CCc1ccc(Cc2c[nH]c3nccc(C#N)c23)cn1. The zero-order valence-corrected chi connectivity index (χ0v) is 15.8. The largest absolute Gasteiger partial charge is 0.481 e. The quantitative estimate of drug-likeness (QED) is 0.544. The van der Waals surface area contributed by atoms with Crippen molar-refractivity contribution in [3.05, 3.63) is 82.8 Å². The van der Waals surface area contributed by atoms with E-state index in [1.165, 1.54) is 13.2 Å². The smallest absolute Gasteiger partial charge is 0.216 e. The monoisotopic (exact) mass is 387 g/mol. The highest BCUT2D eigenvalue weighted by Gasteiger charge is 2.11. The fourth-order valence-electron chi connectivity index (χ4n) is 3.38. The van der Waals surface area contributed by atoms with E-state index in [4.69, 9.17) is 4.74 Å². The Bertz CT molecular complexity index is 1190. The van der Waals surface area contributed by atoms with Gasteiger partial charge in [-0.1, -0.05) is 6.07 Å². The lowest BCUT2D eigenvalue weighted by molar-refractivity contribution is 0.390. The van der Waals surface area contributed by atoms with E-state index in [-0.39, 0.29) is 5.82 Å². The van der Waals surface area contributed by atoms with Crippen LogP contribution >= 0.6 is 0 Å². The molecule has 29 heavy (non-hydrogen) atoms. The van der Waals surface area contributed by atoms with Crippen molar-refractivity contribution in [3.8, 4) is 11.9 Å². The van der Waals surface area contributed by atoms with E-state index in [0.717, 1.165) is 28.4 Å². The van der Waals surface area contributed by atoms with Gasteiger partial charge < -0.3 is 9.72 Å². The maximum atomic E-state index is 13.4. The lowest BCUT2D eigenvalue weighted by Crippen LogP contribution is -2.00. The highest BCUT2D eigenvalue weighted by molar-refractivity contribution is 5.86. The molecule has 7 heteroatoms. The van der Waals surface area contributed by atoms with E-state index in [0.29, 0.717) is 41.9 Å². The Morgan fingerprint density at radius 3 is 2.76 bits per heavy atom. The number of aryl methyl sites for hydroxylation is 2. The molecule has 0 atom stereocenters. The van der Waals surface area contributed by atoms with Crippen molar-refractivity contribution in [3.63, 3.8) is 0 Å². The van der Waals surface area contributed by atoms with Crippen molar-refractivity contribution in [2.75, 3.05) is 7.11 Å². The molecule has 4 rings (SSSR count). The number of methoxy groups -OCH3 is 1. The zero-order valence-electron chi connectivity index (χ0n) is 15.8. The van der Waals surface area contributed by atoms with Gasteiger partial charge in [-0.15, -0.1) is 0 Å². The van der Waals surface area contributed by atoms with Crippen LogP contribution in [0.4, 0.5) is 4.39 Å². The van der Waals surface area contributed by atoms with Crippen molar-refractivity contribution < 1.29 is 9.13 Å². The molecule has 0 saturated heterocycles. The minimum absolute atomic E-state index is 0.380. The Kier molecular flexibility index (Phi) is 5.16. The number of halogens is 1. The summed E-state index contributed by atoms with van der Waals surface area (Å²) < 4.78 is 18.6. The normalized spacial score (nSPS) is 10.8. The Balaban J connectivity index is 1.48. The number of pyridine rings is 3. The van der Waals surface area contributed by atoms with Crippen molar-refractivity contribution in [2.24, 2.45) is 0 Å². The lowest BCUT2D eigenvalue weighted by Gasteiger charge is -2.07. The predicted molar refractivity (Wildman–Crippen MR) is 106 cm³/mol. The van der Waals surface area contributed by atoms with Gasteiger partial charge in [-0.05, 0) is 42.2 Å². The number of hydrogen-bond donors (Lipinski definition) is 1. The molecule has 0 fully saturated rings. The Morgan fingerprint density at radius 1 is 1.10 bits per heavy atom. The molecule has 4 heterocycles. The summed E-state index contributed by atoms with van der Waals surface area (Å²) in [6.45, 7) is 0. The van der Waals surface area contributed by atoms with Crippen molar-refractivity contribution >= 4 is 11.0 Å². The number of nitriles is 1. The van der Waals surface area contributed by atoms with E-state index < -0.39 is 0 Å². The van der Waals surface area contributed by atoms with Crippen molar-refractivity contribution in [1.82, 2.24) is 19.9 Å². The summed E-state index contributed by atoms with van der Waals surface area (Å²) in [6.07, 6.45) is 8.37. The van der Waals surface area contributed by atoms with Crippen LogP contribution in [-0.4, -0.2) is 27.0 Å². The number of ether oxygens (including phenoxy) is 1. The van der Waals surface area contributed by atoms with Gasteiger partial charge in [0.1, 0.15) is 11.5 Å². The van der Waals surface area contributed by atoms with Gasteiger partial charge in [0.2, 0.25) is 5.88 Å². The molecular formula is C22H18FN5O. The van der Waals surface area contributed by atoms with Gasteiger partial charge in [0.15, 0.2) is 0 Å². The highest BCUT2D eigenvalue weighted by Crippen LogP contribution is 2.23. The number of fused-ring (bicyclic) bond motifs is 1.